The number of benzene rings is 2. The molecular weight excluding hydrogens is 416 g/mol. The summed E-state index contributed by atoms with van der Waals surface area (Å²) in [6.07, 6.45) is 2.62. The van der Waals surface area contributed by atoms with Crippen molar-refractivity contribution in [1.29, 1.82) is 0 Å². The third kappa shape index (κ3) is 5.26. The standard InChI is InChI=1S/C23H26N2O5S/c1-17-2-4-18(5-3-17)10-13-31(27,28)25-11-8-20(9-12-25)23(26)24-15-19-6-7-21-22(14-19)30-16-29-21/h2-7,10,13-14,20H,8-9,11-12,15-16H2,1H3,(H,24,26). The monoisotopic (exact) mass is 442 g/mol. The van der Waals surface area contributed by atoms with Crippen molar-refractivity contribution in [2.24, 2.45) is 5.92 Å². The second-order valence-electron chi connectivity index (χ2n) is 7.84. The normalized spacial score (nSPS) is 17.2. The Morgan fingerprint density at radius 1 is 1.10 bits per heavy atom. The molecule has 0 radical (unpaired) electrons. The van der Waals surface area contributed by atoms with E-state index in [9.17, 15) is 13.2 Å². The molecule has 2 aliphatic heterocycles. The summed E-state index contributed by atoms with van der Waals surface area (Å²) in [4.78, 5) is 12.6. The molecule has 0 unspecified atom stereocenters. The van der Waals surface area contributed by atoms with Crippen molar-refractivity contribution in [3.8, 4) is 11.5 Å². The summed E-state index contributed by atoms with van der Waals surface area (Å²) < 4.78 is 37.3. The number of fused-ring (bicyclic) bond motifs is 1. The van der Waals surface area contributed by atoms with E-state index in [-0.39, 0.29) is 18.6 Å². The molecule has 2 aromatic rings. The zero-order chi connectivity index (χ0) is 21.8. The maximum atomic E-state index is 12.6. The predicted octanol–water partition coefficient (Wildman–Crippen LogP) is 3.05. The van der Waals surface area contributed by atoms with Crippen molar-refractivity contribution in [3.63, 3.8) is 0 Å². The lowest BCUT2D eigenvalue weighted by Gasteiger charge is -2.29. The lowest BCUT2D eigenvalue weighted by atomic mass is 9.97. The average Bonchev–Trinajstić information content (AvgIpc) is 3.25. The molecule has 1 N–H and O–H groups in total. The second-order valence-corrected chi connectivity index (χ2v) is 9.66. The maximum Gasteiger partial charge on any atom is 0.236 e. The topological polar surface area (TPSA) is 84.9 Å². The number of hydrogen-bond donors (Lipinski definition) is 1. The Bertz CT molecular complexity index is 1070. The third-order valence-corrected chi connectivity index (χ3v) is 7.16. The van der Waals surface area contributed by atoms with Crippen LogP contribution in [0.1, 0.15) is 29.5 Å². The smallest absolute Gasteiger partial charge is 0.236 e. The van der Waals surface area contributed by atoms with Gasteiger partial charge in [-0.15, -0.1) is 0 Å². The van der Waals surface area contributed by atoms with E-state index < -0.39 is 10.0 Å². The van der Waals surface area contributed by atoms with Gasteiger partial charge in [-0.2, -0.15) is 4.31 Å². The Labute approximate surface area is 182 Å². The Hall–Kier alpha value is -2.84. The van der Waals surface area contributed by atoms with Gasteiger partial charge >= 0.3 is 0 Å². The first-order valence-corrected chi connectivity index (χ1v) is 11.8. The van der Waals surface area contributed by atoms with Crippen LogP contribution in [0.25, 0.3) is 6.08 Å². The Morgan fingerprint density at radius 3 is 2.55 bits per heavy atom. The van der Waals surface area contributed by atoms with E-state index in [1.807, 2.05) is 49.4 Å². The highest BCUT2D eigenvalue weighted by Gasteiger charge is 2.29. The molecule has 1 amide bonds. The molecule has 4 rings (SSSR count). The summed E-state index contributed by atoms with van der Waals surface area (Å²) >= 11 is 0. The van der Waals surface area contributed by atoms with Gasteiger partial charge in [0.25, 0.3) is 0 Å². The molecule has 0 saturated carbocycles. The number of sulfonamides is 1. The number of amides is 1. The molecule has 8 heteroatoms. The van der Waals surface area contributed by atoms with Gasteiger partial charge in [-0.3, -0.25) is 4.79 Å². The van der Waals surface area contributed by atoms with Crippen LogP contribution in [-0.4, -0.2) is 38.5 Å². The van der Waals surface area contributed by atoms with Gasteiger partial charge in [0.1, 0.15) is 0 Å². The quantitative estimate of drug-likeness (QED) is 0.743. The zero-order valence-corrected chi connectivity index (χ0v) is 18.2. The van der Waals surface area contributed by atoms with Gasteiger partial charge in [-0.05, 0) is 49.1 Å². The molecule has 164 valence electrons. The first-order valence-electron chi connectivity index (χ1n) is 10.3. The third-order valence-electron chi connectivity index (χ3n) is 5.60. The minimum atomic E-state index is -3.51. The molecule has 0 bridgehead atoms. The highest BCUT2D eigenvalue weighted by molar-refractivity contribution is 7.92. The van der Waals surface area contributed by atoms with Crippen molar-refractivity contribution in [2.75, 3.05) is 19.9 Å². The van der Waals surface area contributed by atoms with E-state index in [1.165, 1.54) is 9.71 Å². The maximum absolute atomic E-state index is 12.6. The lowest BCUT2D eigenvalue weighted by molar-refractivity contribution is -0.126. The van der Waals surface area contributed by atoms with Crippen LogP contribution in [0.2, 0.25) is 0 Å². The molecule has 31 heavy (non-hydrogen) atoms. The van der Waals surface area contributed by atoms with Gasteiger partial charge in [0.15, 0.2) is 11.5 Å². The van der Waals surface area contributed by atoms with Crippen LogP contribution < -0.4 is 14.8 Å². The van der Waals surface area contributed by atoms with Crippen molar-refractivity contribution in [3.05, 3.63) is 64.6 Å². The van der Waals surface area contributed by atoms with Crippen molar-refractivity contribution >= 4 is 22.0 Å². The van der Waals surface area contributed by atoms with Gasteiger partial charge in [-0.1, -0.05) is 35.9 Å². The number of rotatable bonds is 6. The van der Waals surface area contributed by atoms with E-state index in [1.54, 1.807) is 6.08 Å². The number of hydrogen-bond acceptors (Lipinski definition) is 5. The van der Waals surface area contributed by atoms with Crippen molar-refractivity contribution in [2.45, 2.75) is 26.3 Å². The molecule has 2 aromatic carbocycles. The number of piperidine rings is 1. The minimum absolute atomic E-state index is 0.0510. The largest absolute Gasteiger partial charge is 0.454 e. The molecule has 7 nitrogen and oxygen atoms in total. The van der Waals surface area contributed by atoms with Crippen molar-refractivity contribution in [1.82, 2.24) is 9.62 Å². The molecule has 2 heterocycles. The fourth-order valence-electron chi connectivity index (χ4n) is 3.69. The van der Waals surface area contributed by atoms with E-state index in [0.717, 1.165) is 16.7 Å². The summed E-state index contributed by atoms with van der Waals surface area (Å²) in [5.41, 5.74) is 2.89. The number of aryl methyl sites for hydroxylation is 1. The summed E-state index contributed by atoms with van der Waals surface area (Å²) in [5, 5.41) is 4.20. The molecule has 0 aromatic heterocycles. The van der Waals surface area contributed by atoms with Crippen LogP contribution >= 0.6 is 0 Å². The fraction of sp³-hybridized carbons (Fsp3) is 0.348. The Morgan fingerprint density at radius 2 is 1.81 bits per heavy atom. The number of ether oxygens (including phenoxy) is 2. The van der Waals surface area contributed by atoms with Crippen LogP contribution in [0, 0.1) is 12.8 Å². The van der Waals surface area contributed by atoms with Crippen LogP contribution in [-0.2, 0) is 21.4 Å². The first kappa shape index (κ1) is 21.4. The Kier molecular flexibility index (Phi) is 6.29. The average molecular weight is 443 g/mol. The second kappa shape index (κ2) is 9.11. The van der Waals surface area contributed by atoms with Gasteiger partial charge < -0.3 is 14.8 Å². The number of carbonyl (C=O) groups excluding carboxylic acids is 1. The predicted molar refractivity (Wildman–Crippen MR) is 118 cm³/mol. The van der Waals surface area contributed by atoms with E-state index in [0.29, 0.717) is 44.0 Å². The first-order chi connectivity index (χ1) is 14.9. The van der Waals surface area contributed by atoms with Gasteiger partial charge in [0.05, 0.1) is 0 Å². The van der Waals surface area contributed by atoms with E-state index in [2.05, 4.69) is 5.32 Å². The summed E-state index contributed by atoms with van der Waals surface area (Å²) in [7, 11) is -3.51. The van der Waals surface area contributed by atoms with Gasteiger partial charge in [0, 0.05) is 31.0 Å². The lowest BCUT2D eigenvalue weighted by Crippen LogP contribution is -2.42. The molecule has 0 aliphatic carbocycles. The SMILES string of the molecule is Cc1ccc(C=CS(=O)(=O)N2CCC(C(=O)NCc3ccc4c(c3)OCO4)CC2)cc1. The molecule has 0 atom stereocenters. The van der Waals surface area contributed by atoms with Crippen LogP contribution in [0.5, 0.6) is 11.5 Å². The molecular formula is C23H26N2O5S. The summed E-state index contributed by atoms with van der Waals surface area (Å²) in [6.45, 7) is 3.27. The Balaban J connectivity index is 1.27. The summed E-state index contributed by atoms with van der Waals surface area (Å²) in [5.74, 6) is 1.15. The van der Waals surface area contributed by atoms with Gasteiger partial charge in [0.2, 0.25) is 22.7 Å². The molecule has 1 fully saturated rings. The number of nitrogens with zero attached hydrogens (tertiary/aromatic N) is 1. The highest BCUT2D eigenvalue weighted by atomic mass is 32.2. The summed E-state index contributed by atoms with van der Waals surface area (Å²) in [6, 6.07) is 13.2. The van der Waals surface area contributed by atoms with Crippen LogP contribution in [0.15, 0.2) is 47.9 Å². The van der Waals surface area contributed by atoms with E-state index in [4.69, 9.17) is 9.47 Å². The minimum Gasteiger partial charge on any atom is -0.454 e. The highest BCUT2D eigenvalue weighted by Crippen LogP contribution is 2.32. The van der Waals surface area contributed by atoms with Crippen molar-refractivity contribution < 1.29 is 22.7 Å². The fourth-order valence-corrected chi connectivity index (χ4v) is 4.91. The van der Waals surface area contributed by atoms with Crippen LogP contribution in [0.4, 0.5) is 0 Å². The molecule has 2 aliphatic rings. The molecule has 0 spiro atoms. The number of nitrogens with one attached hydrogen (secondary N) is 1. The number of carbonyl (C=O) groups is 1. The van der Waals surface area contributed by atoms with Crippen LogP contribution in [0.3, 0.4) is 0 Å². The molecule has 1 saturated heterocycles. The van der Waals surface area contributed by atoms with Gasteiger partial charge in [-0.25, -0.2) is 8.42 Å². The van der Waals surface area contributed by atoms with E-state index >= 15 is 0 Å². The zero-order valence-electron chi connectivity index (χ0n) is 17.4.